The first-order valence-electron chi connectivity index (χ1n) is 5.78. The summed E-state index contributed by atoms with van der Waals surface area (Å²) in [5.41, 5.74) is 1.04. The minimum absolute atomic E-state index is 0.184. The van der Waals surface area contributed by atoms with Crippen LogP contribution in [0.3, 0.4) is 0 Å². The lowest BCUT2D eigenvalue weighted by atomic mass is 10.1. The van der Waals surface area contributed by atoms with Crippen LogP contribution in [0.25, 0.3) is 0 Å². The first kappa shape index (κ1) is 11.7. The standard InChI is InChI=1S/C12H17N5/c1-3-13-11(10-6-4-5-7-14-10)8-12-15-9-16-17(12)2/h4-7,9,11,13H,3,8H2,1-2H3. The molecular weight excluding hydrogens is 214 g/mol. The lowest BCUT2D eigenvalue weighted by Crippen LogP contribution is -2.25. The normalized spacial score (nSPS) is 12.6. The summed E-state index contributed by atoms with van der Waals surface area (Å²) in [6, 6.07) is 6.14. The Morgan fingerprint density at radius 2 is 2.24 bits per heavy atom. The molecule has 1 atom stereocenters. The monoisotopic (exact) mass is 231 g/mol. The van der Waals surface area contributed by atoms with Crippen molar-refractivity contribution in [3.63, 3.8) is 0 Å². The van der Waals surface area contributed by atoms with E-state index in [2.05, 4.69) is 27.3 Å². The third-order valence-corrected chi connectivity index (χ3v) is 2.69. The summed E-state index contributed by atoms with van der Waals surface area (Å²) in [5.74, 6) is 0.960. The summed E-state index contributed by atoms with van der Waals surface area (Å²) in [7, 11) is 1.91. The molecule has 2 heterocycles. The van der Waals surface area contributed by atoms with Crippen LogP contribution < -0.4 is 5.32 Å². The number of nitrogens with zero attached hydrogens (tertiary/aromatic N) is 4. The third-order valence-electron chi connectivity index (χ3n) is 2.69. The smallest absolute Gasteiger partial charge is 0.138 e. The number of nitrogens with one attached hydrogen (secondary N) is 1. The SMILES string of the molecule is CCNC(Cc1ncnn1C)c1ccccn1. The van der Waals surface area contributed by atoms with Crippen LogP contribution in [0.2, 0.25) is 0 Å². The maximum absolute atomic E-state index is 4.39. The number of aromatic nitrogens is 4. The molecule has 0 saturated carbocycles. The van der Waals surface area contributed by atoms with Crippen LogP contribution >= 0.6 is 0 Å². The van der Waals surface area contributed by atoms with Crippen molar-refractivity contribution in [2.24, 2.45) is 7.05 Å². The molecular formula is C12H17N5. The van der Waals surface area contributed by atoms with Gasteiger partial charge in [0.25, 0.3) is 0 Å². The Labute approximate surface area is 101 Å². The van der Waals surface area contributed by atoms with E-state index >= 15 is 0 Å². The molecule has 1 unspecified atom stereocenters. The lowest BCUT2D eigenvalue weighted by molar-refractivity contribution is 0.511. The van der Waals surface area contributed by atoms with Crippen molar-refractivity contribution in [3.05, 3.63) is 42.2 Å². The molecule has 1 N–H and O–H groups in total. The third kappa shape index (κ3) is 2.88. The molecule has 5 nitrogen and oxygen atoms in total. The average Bonchev–Trinajstić information content (AvgIpc) is 2.76. The molecule has 5 heteroatoms. The van der Waals surface area contributed by atoms with E-state index in [0.717, 1.165) is 24.5 Å². The summed E-state index contributed by atoms with van der Waals surface area (Å²) in [6.07, 6.45) is 4.19. The second-order valence-electron chi connectivity index (χ2n) is 3.87. The molecule has 0 aliphatic rings. The van der Waals surface area contributed by atoms with Gasteiger partial charge in [-0.25, -0.2) is 4.98 Å². The molecule has 2 aromatic rings. The number of hydrogen-bond donors (Lipinski definition) is 1. The van der Waals surface area contributed by atoms with Gasteiger partial charge in [0.2, 0.25) is 0 Å². The van der Waals surface area contributed by atoms with Crippen LogP contribution in [0.5, 0.6) is 0 Å². The molecule has 0 amide bonds. The molecule has 0 spiro atoms. The zero-order valence-electron chi connectivity index (χ0n) is 10.2. The van der Waals surface area contributed by atoms with E-state index in [1.807, 2.05) is 31.4 Å². The van der Waals surface area contributed by atoms with Gasteiger partial charge in [0.1, 0.15) is 12.2 Å². The van der Waals surface area contributed by atoms with E-state index in [4.69, 9.17) is 0 Å². The summed E-state index contributed by atoms with van der Waals surface area (Å²) < 4.78 is 1.80. The Balaban J connectivity index is 2.16. The number of likely N-dealkylation sites (N-methyl/N-ethyl adjacent to an activating group) is 1. The van der Waals surface area contributed by atoms with Crippen LogP contribution in [-0.2, 0) is 13.5 Å². The van der Waals surface area contributed by atoms with E-state index in [1.165, 1.54) is 0 Å². The van der Waals surface area contributed by atoms with Gasteiger partial charge in [-0.1, -0.05) is 13.0 Å². The van der Waals surface area contributed by atoms with Crippen molar-refractivity contribution in [2.75, 3.05) is 6.54 Å². The van der Waals surface area contributed by atoms with Gasteiger partial charge in [-0.05, 0) is 18.7 Å². The highest BCUT2D eigenvalue weighted by Crippen LogP contribution is 2.14. The van der Waals surface area contributed by atoms with E-state index in [0.29, 0.717) is 0 Å². The molecule has 0 aromatic carbocycles. The Bertz CT molecular complexity index is 451. The quantitative estimate of drug-likeness (QED) is 0.837. The van der Waals surface area contributed by atoms with Gasteiger partial charge in [0.15, 0.2) is 0 Å². The fourth-order valence-electron chi connectivity index (χ4n) is 1.80. The van der Waals surface area contributed by atoms with Gasteiger partial charge in [-0.2, -0.15) is 5.10 Å². The largest absolute Gasteiger partial charge is 0.309 e. The number of aryl methyl sites for hydroxylation is 1. The molecule has 0 aliphatic heterocycles. The van der Waals surface area contributed by atoms with Gasteiger partial charge >= 0.3 is 0 Å². The summed E-state index contributed by atoms with van der Waals surface area (Å²) in [4.78, 5) is 8.64. The number of hydrogen-bond acceptors (Lipinski definition) is 4. The molecule has 0 aliphatic carbocycles. The first-order valence-corrected chi connectivity index (χ1v) is 5.78. The summed E-state index contributed by atoms with van der Waals surface area (Å²) >= 11 is 0. The first-order chi connectivity index (χ1) is 8.31. The molecule has 0 fully saturated rings. The maximum atomic E-state index is 4.39. The van der Waals surface area contributed by atoms with Gasteiger partial charge < -0.3 is 5.32 Å². The summed E-state index contributed by atoms with van der Waals surface area (Å²) in [5, 5.41) is 7.50. The van der Waals surface area contributed by atoms with Crippen molar-refractivity contribution < 1.29 is 0 Å². The van der Waals surface area contributed by atoms with Crippen molar-refractivity contribution in [2.45, 2.75) is 19.4 Å². The fourth-order valence-corrected chi connectivity index (χ4v) is 1.80. The van der Waals surface area contributed by atoms with Crippen molar-refractivity contribution in [1.29, 1.82) is 0 Å². The van der Waals surface area contributed by atoms with Gasteiger partial charge in [-0.15, -0.1) is 0 Å². The fraction of sp³-hybridized carbons (Fsp3) is 0.417. The molecule has 2 aromatic heterocycles. The topological polar surface area (TPSA) is 55.6 Å². The van der Waals surface area contributed by atoms with Crippen LogP contribution in [0.1, 0.15) is 24.5 Å². The molecule has 17 heavy (non-hydrogen) atoms. The Hall–Kier alpha value is -1.75. The molecule has 0 radical (unpaired) electrons. The Kier molecular flexibility index (Phi) is 3.82. The van der Waals surface area contributed by atoms with Gasteiger partial charge in [-0.3, -0.25) is 9.67 Å². The minimum Gasteiger partial charge on any atom is -0.309 e. The van der Waals surface area contributed by atoms with Gasteiger partial charge in [0.05, 0.1) is 11.7 Å². The van der Waals surface area contributed by atoms with Crippen LogP contribution in [0, 0.1) is 0 Å². The molecule has 0 bridgehead atoms. The molecule has 0 saturated heterocycles. The van der Waals surface area contributed by atoms with E-state index < -0.39 is 0 Å². The van der Waals surface area contributed by atoms with E-state index in [-0.39, 0.29) is 6.04 Å². The van der Waals surface area contributed by atoms with Gasteiger partial charge in [0, 0.05) is 19.7 Å². The summed E-state index contributed by atoms with van der Waals surface area (Å²) in [6.45, 7) is 2.99. The highest BCUT2D eigenvalue weighted by Gasteiger charge is 2.14. The highest BCUT2D eigenvalue weighted by atomic mass is 15.3. The zero-order chi connectivity index (χ0) is 12.1. The molecule has 90 valence electrons. The average molecular weight is 231 g/mol. The predicted octanol–water partition coefficient (Wildman–Crippen LogP) is 1.10. The lowest BCUT2D eigenvalue weighted by Gasteiger charge is -2.16. The highest BCUT2D eigenvalue weighted by molar-refractivity contribution is 5.10. The van der Waals surface area contributed by atoms with E-state index in [9.17, 15) is 0 Å². The maximum Gasteiger partial charge on any atom is 0.138 e. The van der Waals surface area contributed by atoms with Crippen molar-refractivity contribution in [1.82, 2.24) is 25.1 Å². The second-order valence-corrected chi connectivity index (χ2v) is 3.87. The van der Waals surface area contributed by atoms with Crippen LogP contribution in [-0.4, -0.2) is 26.3 Å². The Morgan fingerprint density at radius 3 is 2.82 bits per heavy atom. The second kappa shape index (κ2) is 5.54. The molecule has 2 rings (SSSR count). The predicted molar refractivity (Wildman–Crippen MR) is 65.4 cm³/mol. The number of pyridine rings is 1. The van der Waals surface area contributed by atoms with Crippen molar-refractivity contribution in [3.8, 4) is 0 Å². The Morgan fingerprint density at radius 1 is 1.35 bits per heavy atom. The zero-order valence-corrected chi connectivity index (χ0v) is 10.2. The van der Waals surface area contributed by atoms with Crippen LogP contribution in [0.15, 0.2) is 30.7 Å². The van der Waals surface area contributed by atoms with Crippen LogP contribution in [0.4, 0.5) is 0 Å². The number of rotatable bonds is 5. The van der Waals surface area contributed by atoms with E-state index in [1.54, 1.807) is 11.0 Å². The minimum atomic E-state index is 0.184. The van der Waals surface area contributed by atoms with Crippen molar-refractivity contribution >= 4 is 0 Å².